The van der Waals surface area contributed by atoms with Crippen LogP contribution in [0.2, 0.25) is 0 Å². The maximum absolute atomic E-state index is 12.7. The number of aromatic nitrogens is 4. The summed E-state index contributed by atoms with van der Waals surface area (Å²) in [5.41, 5.74) is 5.85. The van der Waals surface area contributed by atoms with Crippen LogP contribution in [0.4, 0.5) is 61.2 Å². The van der Waals surface area contributed by atoms with Crippen molar-refractivity contribution in [2.45, 2.75) is 130 Å². The van der Waals surface area contributed by atoms with Gasteiger partial charge < -0.3 is 41.4 Å². The second-order valence-corrected chi connectivity index (χ2v) is 19.0. The van der Waals surface area contributed by atoms with Gasteiger partial charge in [0.05, 0.1) is 9.85 Å². The van der Waals surface area contributed by atoms with Crippen molar-refractivity contribution < 1.29 is 45.7 Å². The van der Waals surface area contributed by atoms with Gasteiger partial charge in [-0.25, -0.2) is 9.97 Å². The highest BCUT2D eigenvalue weighted by Gasteiger charge is 2.33. The van der Waals surface area contributed by atoms with Gasteiger partial charge in [0, 0.05) is 60.0 Å². The van der Waals surface area contributed by atoms with Crippen LogP contribution in [0.5, 0.6) is 11.5 Å². The number of nitro groups is 2. The molecular weight excluding hydrogens is 1110 g/mol. The first-order valence-corrected chi connectivity index (χ1v) is 25.9. The molecule has 4 aromatic rings. The van der Waals surface area contributed by atoms with Crippen molar-refractivity contribution in [3.8, 4) is 11.5 Å². The van der Waals surface area contributed by atoms with E-state index in [0.717, 1.165) is 74.4 Å². The van der Waals surface area contributed by atoms with Crippen molar-refractivity contribution in [1.29, 1.82) is 0 Å². The number of hydrogen-bond acceptors (Lipinski definition) is 16. The highest BCUT2D eigenvalue weighted by molar-refractivity contribution is 9.09. The third-order valence-electron chi connectivity index (χ3n) is 12.2. The SMILES string of the molecule is BrCCCCBr.C.C.NC1CCC(CNc2nc(NCc3ccccc3OC(F)(F)F)ncc2[N+](=O)[O-])CC1.O=[N+]([O-])c1cnc(NCc2ccccc2OC(F)(F)F)nc1NCC1CCC(N2CCCC2)CC1. The summed E-state index contributed by atoms with van der Waals surface area (Å²) < 4.78 is 83.7. The van der Waals surface area contributed by atoms with E-state index in [9.17, 15) is 46.6 Å². The average Bonchev–Trinajstić information content (AvgIpc) is 3.89. The molecule has 0 unspecified atom stereocenters. The summed E-state index contributed by atoms with van der Waals surface area (Å²) >= 11 is 6.66. The molecule has 74 heavy (non-hydrogen) atoms. The van der Waals surface area contributed by atoms with Gasteiger partial charge in [0.2, 0.25) is 23.5 Å². The Morgan fingerprint density at radius 1 is 0.635 bits per heavy atom. The summed E-state index contributed by atoms with van der Waals surface area (Å²) in [6, 6.07) is 12.2. The van der Waals surface area contributed by atoms with Gasteiger partial charge in [0.15, 0.2) is 0 Å². The summed E-state index contributed by atoms with van der Waals surface area (Å²) in [6.07, 6.45) is 5.66. The van der Waals surface area contributed by atoms with E-state index in [1.54, 1.807) is 12.1 Å². The summed E-state index contributed by atoms with van der Waals surface area (Å²) in [5.74, 6) is 0.295. The number of unbranched alkanes of at least 4 members (excludes halogenated alkanes) is 1. The lowest BCUT2D eigenvalue weighted by molar-refractivity contribution is -0.384. The zero-order valence-electron chi connectivity index (χ0n) is 39.4. The lowest BCUT2D eigenvalue weighted by atomic mass is 9.85. The van der Waals surface area contributed by atoms with Crippen molar-refractivity contribution in [3.63, 3.8) is 0 Å². The number of benzene rings is 2. The zero-order valence-corrected chi connectivity index (χ0v) is 42.6. The minimum atomic E-state index is -4.82. The van der Waals surface area contributed by atoms with E-state index in [1.165, 1.54) is 75.2 Å². The predicted molar refractivity (Wildman–Crippen MR) is 282 cm³/mol. The Bertz CT molecular complexity index is 2300. The number of hydrogen-bond donors (Lipinski definition) is 5. The Balaban J connectivity index is 0.000000345. The van der Waals surface area contributed by atoms with Gasteiger partial charge >= 0.3 is 24.1 Å². The van der Waals surface area contributed by atoms with Gasteiger partial charge in [-0.15, -0.1) is 26.3 Å². The molecule has 0 atom stereocenters. The first-order chi connectivity index (χ1) is 34.4. The van der Waals surface area contributed by atoms with E-state index in [1.807, 2.05) is 0 Å². The molecule has 3 heterocycles. The van der Waals surface area contributed by atoms with E-state index >= 15 is 0 Å². The van der Waals surface area contributed by atoms with Crippen LogP contribution in [0.25, 0.3) is 0 Å². The Kier molecular flexibility index (Phi) is 26.8. The van der Waals surface area contributed by atoms with Crippen molar-refractivity contribution in [2.24, 2.45) is 17.6 Å². The smallest absolute Gasteiger partial charge is 0.405 e. The number of ether oxygens (including phenoxy) is 2. The third-order valence-corrected chi connectivity index (χ3v) is 13.3. The molecule has 2 aliphatic carbocycles. The molecule has 7 rings (SSSR count). The summed E-state index contributed by atoms with van der Waals surface area (Å²) in [6.45, 7) is 3.32. The highest BCUT2D eigenvalue weighted by atomic mass is 79.9. The molecule has 1 saturated heterocycles. The van der Waals surface area contributed by atoms with Crippen molar-refractivity contribution in [3.05, 3.63) is 92.3 Å². The normalized spacial score (nSPS) is 18.6. The van der Waals surface area contributed by atoms with Crippen LogP contribution >= 0.6 is 31.9 Å². The molecule has 0 bridgehead atoms. The molecule has 18 nitrogen and oxygen atoms in total. The van der Waals surface area contributed by atoms with Crippen LogP contribution in [-0.4, -0.2) is 96.3 Å². The lowest BCUT2D eigenvalue weighted by Gasteiger charge is -2.34. The fourth-order valence-corrected chi connectivity index (χ4v) is 9.22. The molecule has 3 fully saturated rings. The third kappa shape index (κ3) is 21.9. The molecule has 0 spiro atoms. The number of halogens is 8. The predicted octanol–water partition coefficient (Wildman–Crippen LogP) is 12.6. The van der Waals surface area contributed by atoms with Crippen molar-refractivity contribution >= 4 is 66.8 Å². The number of likely N-dealkylation sites (tertiary alicyclic amines) is 1. The van der Waals surface area contributed by atoms with Gasteiger partial charge in [-0.2, -0.15) is 9.97 Å². The molecule has 0 radical (unpaired) electrons. The monoisotopic (exact) mass is 1180 g/mol. The number of para-hydroxylation sites is 2. The Hall–Kier alpha value is -5.34. The van der Waals surface area contributed by atoms with Crippen molar-refractivity contribution in [1.82, 2.24) is 24.8 Å². The van der Waals surface area contributed by atoms with Gasteiger partial charge in [-0.1, -0.05) is 83.1 Å². The second-order valence-electron chi connectivity index (χ2n) is 17.4. The Labute approximate surface area is 444 Å². The maximum Gasteiger partial charge on any atom is 0.573 e. The molecule has 2 aromatic heterocycles. The number of alkyl halides is 8. The number of anilines is 4. The number of rotatable bonds is 20. The highest BCUT2D eigenvalue weighted by Crippen LogP contribution is 2.33. The molecule has 0 amide bonds. The van der Waals surface area contributed by atoms with E-state index in [0.29, 0.717) is 31.0 Å². The number of nitrogens with one attached hydrogen (secondary N) is 4. The van der Waals surface area contributed by atoms with Crippen LogP contribution in [-0.2, 0) is 13.1 Å². The maximum atomic E-state index is 12.7. The van der Waals surface area contributed by atoms with E-state index < -0.39 is 22.6 Å². The molecule has 6 N–H and O–H groups in total. The minimum absolute atomic E-state index is 0. The van der Waals surface area contributed by atoms with Crippen LogP contribution in [0.15, 0.2) is 60.9 Å². The molecule has 3 aliphatic rings. The number of nitrogens with zero attached hydrogens (tertiary/aromatic N) is 7. The quantitative estimate of drug-likeness (QED) is 0.0182. The summed E-state index contributed by atoms with van der Waals surface area (Å²) in [5, 5.41) is 36.8. The number of nitrogens with two attached hydrogens (primary N) is 1. The standard InChI is InChI=1S/C23H29F3N6O3.C19H23F3N6O3.C4H8Br2.2CH4/c24-23(25,26)35-20-6-2-1-5-17(20)14-28-22-29-15-19(32(33)34)21(30-22)27-13-16-7-9-18(10-8-16)31-11-3-4-12-31;20-19(21,22)31-16-4-2-1-3-13(16)10-25-18-26-11-15(28(29)30)17(27-18)24-9-12-5-7-14(23)8-6-12;5-3-1-2-4-6;;/h1-2,5-6,15-16,18H,3-4,7-14H2,(H2,27,28,29,30);1-4,11-12,14H,5-10,23H2,(H2,24,25,26,27);1-4H2;2*1H4. The summed E-state index contributed by atoms with van der Waals surface area (Å²) in [4.78, 5) is 40.5. The Morgan fingerprint density at radius 2 is 1.03 bits per heavy atom. The molecule has 412 valence electrons. The zero-order chi connectivity index (χ0) is 52.1. The van der Waals surface area contributed by atoms with Gasteiger partial charge in [0.25, 0.3) is 0 Å². The first kappa shape index (κ1) is 63.0. The Morgan fingerprint density at radius 3 is 1.41 bits per heavy atom. The van der Waals surface area contributed by atoms with Gasteiger partial charge in [-0.05, 0) is 114 Å². The molecule has 26 heteroatoms. The largest absolute Gasteiger partial charge is 0.573 e. The van der Waals surface area contributed by atoms with Crippen LogP contribution in [0.3, 0.4) is 0 Å². The lowest BCUT2D eigenvalue weighted by Crippen LogP contribution is -2.37. The topological polar surface area (TPSA) is 234 Å². The van der Waals surface area contributed by atoms with E-state index in [2.05, 4.69) is 87.4 Å². The molecule has 2 aromatic carbocycles. The summed E-state index contributed by atoms with van der Waals surface area (Å²) in [7, 11) is 0. The molecular formula is C48H68Br2F6N12O6. The molecule has 2 saturated carbocycles. The van der Waals surface area contributed by atoms with Crippen molar-refractivity contribution in [2.75, 3.05) is 58.1 Å². The van der Waals surface area contributed by atoms with E-state index in [-0.39, 0.29) is 91.5 Å². The van der Waals surface area contributed by atoms with Crippen LogP contribution < -0.4 is 36.5 Å². The molecule has 1 aliphatic heterocycles. The van der Waals surface area contributed by atoms with Crippen LogP contribution in [0, 0.1) is 32.1 Å². The van der Waals surface area contributed by atoms with Gasteiger partial charge in [-0.3, -0.25) is 20.2 Å². The van der Waals surface area contributed by atoms with Crippen LogP contribution in [0.1, 0.15) is 103 Å². The van der Waals surface area contributed by atoms with E-state index in [4.69, 9.17) is 5.73 Å². The second kappa shape index (κ2) is 31.5. The average molecular weight is 1180 g/mol. The fraction of sp³-hybridized carbons (Fsp3) is 0.583. The van der Waals surface area contributed by atoms with Gasteiger partial charge in [0.1, 0.15) is 23.9 Å². The minimum Gasteiger partial charge on any atom is -0.405 e. The first-order valence-electron chi connectivity index (χ1n) is 23.7. The fourth-order valence-electron chi connectivity index (χ4n) is 8.43.